The number of pyridine rings is 1. The Morgan fingerprint density at radius 1 is 1.00 bits per heavy atom. The van der Waals surface area contributed by atoms with E-state index in [1.807, 2.05) is 35.2 Å². The van der Waals surface area contributed by atoms with E-state index in [0.29, 0.717) is 13.1 Å². The predicted octanol–water partition coefficient (Wildman–Crippen LogP) is 2.89. The molecule has 0 bridgehead atoms. The molecule has 0 spiro atoms. The Morgan fingerprint density at radius 2 is 1.72 bits per heavy atom. The van der Waals surface area contributed by atoms with Crippen molar-refractivity contribution in [3.8, 4) is 5.75 Å². The zero-order valence-corrected chi connectivity index (χ0v) is 16.9. The highest BCUT2D eigenvalue weighted by Gasteiger charge is 2.22. The zero-order valence-electron chi connectivity index (χ0n) is 16.9. The second-order valence-corrected chi connectivity index (χ2v) is 7.70. The molecule has 6 heteroatoms. The zero-order chi connectivity index (χ0) is 20.2. The maximum absolute atomic E-state index is 12.6. The molecule has 1 aliphatic heterocycles. The Hall–Kier alpha value is -2.89. The lowest BCUT2D eigenvalue weighted by molar-refractivity contribution is -0.133. The summed E-state index contributed by atoms with van der Waals surface area (Å²) in [5.41, 5.74) is 4.09. The number of ketones is 1. The quantitative estimate of drug-likeness (QED) is 0.731. The van der Waals surface area contributed by atoms with Crippen molar-refractivity contribution in [1.29, 1.82) is 0 Å². The molecule has 1 fully saturated rings. The van der Waals surface area contributed by atoms with Crippen LogP contribution in [-0.4, -0.2) is 54.4 Å². The third-order valence-electron chi connectivity index (χ3n) is 5.81. The third-order valence-corrected chi connectivity index (χ3v) is 5.81. The molecule has 29 heavy (non-hydrogen) atoms. The van der Waals surface area contributed by atoms with Crippen LogP contribution in [0, 0.1) is 0 Å². The normalized spacial score (nSPS) is 16.3. The van der Waals surface area contributed by atoms with Crippen molar-refractivity contribution >= 4 is 17.4 Å². The average molecular weight is 393 g/mol. The molecule has 2 aliphatic rings. The standard InChI is InChI=1S/C23H27N3O3/c1-17(27)18-6-8-19(9-7-18)25-12-14-26(15-13-25)23(28)16-29-22-10-11-24-21-5-3-2-4-20(21)22/h6-11H,2-5,12-16H2,1H3. The number of amides is 1. The summed E-state index contributed by atoms with van der Waals surface area (Å²) in [7, 11) is 0. The van der Waals surface area contributed by atoms with E-state index in [9.17, 15) is 9.59 Å². The van der Waals surface area contributed by atoms with Crippen molar-refractivity contribution in [2.75, 3.05) is 37.7 Å². The maximum Gasteiger partial charge on any atom is 0.260 e. The highest BCUT2D eigenvalue weighted by Crippen LogP contribution is 2.28. The number of carbonyl (C=O) groups is 2. The van der Waals surface area contributed by atoms with Gasteiger partial charge in [-0.3, -0.25) is 14.6 Å². The Kier molecular flexibility index (Phi) is 5.79. The van der Waals surface area contributed by atoms with Gasteiger partial charge in [0.2, 0.25) is 0 Å². The molecule has 0 atom stereocenters. The molecule has 4 rings (SSSR count). The van der Waals surface area contributed by atoms with E-state index in [2.05, 4.69) is 9.88 Å². The molecule has 152 valence electrons. The second-order valence-electron chi connectivity index (χ2n) is 7.70. The van der Waals surface area contributed by atoms with Crippen molar-refractivity contribution in [2.45, 2.75) is 32.6 Å². The molecule has 0 unspecified atom stereocenters. The summed E-state index contributed by atoms with van der Waals surface area (Å²) < 4.78 is 5.89. The number of piperazine rings is 1. The van der Waals surface area contributed by atoms with Crippen LogP contribution in [0.1, 0.15) is 41.4 Å². The Bertz CT molecular complexity index is 887. The van der Waals surface area contributed by atoms with Crippen LogP contribution in [0.3, 0.4) is 0 Å². The molecule has 0 saturated carbocycles. The van der Waals surface area contributed by atoms with Crippen LogP contribution in [0.25, 0.3) is 0 Å². The molecule has 1 aromatic heterocycles. The van der Waals surface area contributed by atoms with Gasteiger partial charge < -0.3 is 14.5 Å². The minimum Gasteiger partial charge on any atom is -0.483 e. The number of hydrogen-bond donors (Lipinski definition) is 0. The van der Waals surface area contributed by atoms with Gasteiger partial charge in [-0.1, -0.05) is 0 Å². The number of carbonyl (C=O) groups excluding carboxylic acids is 2. The van der Waals surface area contributed by atoms with Crippen LogP contribution >= 0.6 is 0 Å². The van der Waals surface area contributed by atoms with E-state index in [0.717, 1.165) is 55.0 Å². The van der Waals surface area contributed by atoms with Gasteiger partial charge in [0.15, 0.2) is 12.4 Å². The number of anilines is 1. The Labute approximate surface area is 171 Å². The summed E-state index contributed by atoms with van der Waals surface area (Å²) in [5.74, 6) is 0.910. The number of hydrogen-bond acceptors (Lipinski definition) is 5. The van der Waals surface area contributed by atoms with Gasteiger partial charge in [0.25, 0.3) is 5.91 Å². The summed E-state index contributed by atoms with van der Waals surface area (Å²) >= 11 is 0. The number of Topliss-reactive ketones (excluding diaryl/α,β-unsaturated/α-hetero) is 1. The van der Waals surface area contributed by atoms with Gasteiger partial charge in [0, 0.05) is 54.9 Å². The molecular formula is C23H27N3O3. The lowest BCUT2D eigenvalue weighted by Gasteiger charge is -2.36. The van der Waals surface area contributed by atoms with Gasteiger partial charge in [-0.2, -0.15) is 0 Å². The number of benzene rings is 1. The average Bonchev–Trinajstić information content (AvgIpc) is 2.77. The van der Waals surface area contributed by atoms with E-state index in [-0.39, 0.29) is 18.3 Å². The number of fused-ring (bicyclic) bond motifs is 1. The van der Waals surface area contributed by atoms with E-state index in [4.69, 9.17) is 4.74 Å². The molecule has 1 aliphatic carbocycles. The third kappa shape index (κ3) is 4.42. The van der Waals surface area contributed by atoms with Crippen molar-refractivity contribution < 1.29 is 14.3 Å². The first-order valence-corrected chi connectivity index (χ1v) is 10.3. The monoisotopic (exact) mass is 393 g/mol. The van der Waals surface area contributed by atoms with Crippen LogP contribution in [0.5, 0.6) is 5.75 Å². The van der Waals surface area contributed by atoms with Crippen molar-refractivity contribution in [2.24, 2.45) is 0 Å². The summed E-state index contributed by atoms with van der Waals surface area (Å²) in [6, 6.07) is 9.55. The van der Waals surface area contributed by atoms with Gasteiger partial charge in [0.05, 0.1) is 0 Å². The number of ether oxygens (including phenoxy) is 1. The number of rotatable bonds is 5. The lowest BCUT2D eigenvalue weighted by atomic mass is 9.95. The van der Waals surface area contributed by atoms with Crippen LogP contribution in [0.2, 0.25) is 0 Å². The molecule has 2 aromatic rings. The number of aromatic nitrogens is 1. The van der Waals surface area contributed by atoms with E-state index in [1.54, 1.807) is 13.1 Å². The van der Waals surface area contributed by atoms with Gasteiger partial charge in [-0.15, -0.1) is 0 Å². The van der Waals surface area contributed by atoms with Crippen LogP contribution in [0.4, 0.5) is 5.69 Å². The highest BCUT2D eigenvalue weighted by atomic mass is 16.5. The molecule has 1 saturated heterocycles. The highest BCUT2D eigenvalue weighted by molar-refractivity contribution is 5.94. The summed E-state index contributed by atoms with van der Waals surface area (Å²) in [6.45, 7) is 4.54. The number of aryl methyl sites for hydroxylation is 1. The SMILES string of the molecule is CC(=O)c1ccc(N2CCN(C(=O)COc3ccnc4c3CCCC4)CC2)cc1. The molecule has 2 heterocycles. The molecule has 1 amide bonds. The first-order chi connectivity index (χ1) is 14.1. The first-order valence-electron chi connectivity index (χ1n) is 10.3. The molecule has 0 radical (unpaired) electrons. The van der Waals surface area contributed by atoms with Crippen molar-refractivity contribution in [3.05, 3.63) is 53.3 Å². The fourth-order valence-electron chi connectivity index (χ4n) is 4.08. The smallest absolute Gasteiger partial charge is 0.260 e. The first kappa shape index (κ1) is 19.4. The van der Waals surface area contributed by atoms with E-state index in [1.165, 1.54) is 12.0 Å². The maximum atomic E-state index is 12.6. The Morgan fingerprint density at radius 3 is 2.45 bits per heavy atom. The minimum absolute atomic E-state index is 0.0259. The van der Waals surface area contributed by atoms with Crippen LogP contribution in [0.15, 0.2) is 36.5 Å². The fourth-order valence-corrected chi connectivity index (χ4v) is 4.08. The summed E-state index contributed by atoms with van der Waals surface area (Å²) in [4.78, 5) is 32.6. The largest absolute Gasteiger partial charge is 0.483 e. The van der Waals surface area contributed by atoms with Gasteiger partial charge in [-0.25, -0.2) is 0 Å². The molecule has 1 aromatic carbocycles. The summed E-state index contributed by atoms with van der Waals surface area (Å²) in [6.07, 6.45) is 6.08. The van der Waals surface area contributed by atoms with Crippen molar-refractivity contribution in [1.82, 2.24) is 9.88 Å². The fraction of sp³-hybridized carbons (Fsp3) is 0.435. The van der Waals surface area contributed by atoms with E-state index < -0.39 is 0 Å². The van der Waals surface area contributed by atoms with Crippen LogP contribution in [-0.2, 0) is 17.6 Å². The van der Waals surface area contributed by atoms with Gasteiger partial charge in [-0.05, 0) is 62.9 Å². The van der Waals surface area contributed by atoms with E-state index >= 15 is 0 Å². The van der Waals surface area contributed by atoms with Gasteiger partial charge >= 0.3 is 0 Å². The van der Waals surface area contributed by atoms with Gasteiger partial charge in [0.1, 0.15) is 5.75 Å². The van der Waals surface area contributed by atoms with Crippen LogP contribution < -0.4 is 9.64 Å². The predicted molar refractivity (Wildman–Crippen MR) is 112 cm³/mol. The lowest BCUT2D eigenvalue weighted by Crippen LogP contribution is -2.50. The van der Waals surface area contributed by atoms with Crippen molar-refractivity contribution in [3.63, 3.8) is 0 Å². The topological polar surface area (TPSA) is 62.7 Å². The second kappa shape index (κ2) is 8.64. The Balaban J connectivity index is 1.30. The summed E-state index contributed by atoms with van der Waals surface area (Å²) in [5, 5.41) is 0. The minimum atomic E-state index is 0.0259. The number of nitrogens with zero attached hydrogens (tertiary/aromatic N) is 3. The molecular weight excluding hydrogens is 366 g/mol. The molecule has 6 nitrogen and oxygen atoms in total. The molecule has 0 N–H and O–H groups in total.